The van der Waals surface area contributed by atoms with Gasteiger partial charge in [0.05, 0.1) is 16.7 Å². The first kappa shape index (κ1) is 20.8. The van der Waals surface area contributed by atoms with Gasteiger partial charge in [0.2, 0.25) is 0 Å². The smallest absolute Gasteiger partial charge is 0.336 e. The van der Waals surface area contributed by atoms with Crippen LogP contribution in [0.3, 0.4) is 0 Å². The topological polar surface area (TPSA) is 53.9 Å². The lowest BCUT2D eigenvalue weighted by Crippen LogP contribution is -2.58. The zero-order valence-electron chi connectivity index (χ0n) is 18.6. The van der Waals surface area contributed by atoms with Gasteiger partial charge in [0.25, 0.3) is 5.91 Å². The van der Waals surface area contributed by atoms with Crippen LogP contribution in [-0.4, -0.2) is 21.8 Å². The van der Waals surface area contributed by atoms with Crippen LogP contribution >= 0.6 is 11.8 Å². The highest BCUT2D eigenvalue weighted by Gasteiger charge is 2.57. The largest absolute Gasteiger partial charge is 0.439 e. The number of amides is 1. The van der Waals surface area contributed by atoms with Crippen molar-refractivity contribution in [2.24, 2.45) is 5.10 Å². The van der Waals surface area contributed by atoms with Crippen LogP contribution < -0.4 is 10.1 Å². The highest BCUT2D eigenvalue weighted by Crippen LogP contribution is 2.53. The number of hydrazone groups is 1. The quantitative estimate of drug-likeness (QED) is 0.505. The van der Waals surface area contributed by atoms with Crippen LogP contribution in [0.5, 0.6) is 5.75 Å². The Morgan fingerprint density at radius 2 is 1.76 bits per heavy atom. The second kappa shape index (κ2) is 8.22. The molecule has 5 nitrogen and oxygen atoms in total. The highest BCUT2D eigenvalue weighted by molar-refractivity contribution is 8.05. The van der Waals surface area contributed by atoms with E-state index in [1.807, 2.05) is 84.7 Å². The Hall–Kier alpha value is -3.77. The van der Waals surface area contributed by atoms with Crippen LogP contribution in [0.1, 0.15) is 36.1 Å². The Balaban J connectivity index is 1.38. The fourth-order valence-corrected chi connectivity index (χ4v) is 5.83. The van der Waals surface area contributed by atoms with Crippen molar-refractivity contribution in [3.63, 3.8) is 0 Å². The number of fused-ring (bicyclic) bond motifs is 4. The summed E-state index contributed by atoms with van der Waals surface area (Å²) in [6.07, 6.45) is 4.72. The average molecular weight is 466 g/mol. The van der Waals surface area contributed by atoms with Gasteiger partial charge in [0, 0.05) is 12.0 Å². The molecule has 6 rings (SSSR count). The summed E-state index contributed by atoms with van der Waals surface area (Å²) in [7, 11) is 0. The molecule has 3 aromatic rings. The lowest BCUT2D eigenvalue weighted by atomic mass is 9.97. The number of allylic oxidation sites excluding steroid dienone is 2. The number of ether oxygens (including phenoxy) is 1. The fraction of sp³-hybridized carbons (Fsp3) is 0.143. The first-order chi connectivity index (χ1) is 16.6. The minimum absolute atomic E-state index is 0.0201. The Morgan fingerprint density at radius 3 is 2.56 bits per heavy atom. The summed E-state index contributed by atoms with van der Waals surface area (Å²) in [5.41, 5.74) is 5.22. The Kier molecular flexibility index (Phi) is 5.03. The van der Waals surface area contributed by atoms with E-state index >= 15 is 0 Å². The first-order valence-electron chi connectivity index (χ1n) is 11.3. The maximum Gasteiger partial charge on any atom is 0.336 e. The van der Waals surface area contributed by atoms with E-state index in [1.54, 1.807) is 0 Å². The number of hydrogen-bond donors (Lipinski definition) is 1. The number of nitrogens with zero attached hydrogens (tertiary/aromatic N) is 2. The van der Waals surface area contributed by atoms with E-state index < -0.39 is 5.18 Å². The second-order valence-corrected chi connectivity index (χ2v) is 9.76. The van der Waals surface area contributed by atoms with Gasteiger partial charge in [-0.1, -0.05) is 84.9 Å². The molecule has 3 aromatic carbocycles. The van der Waals surface area contributed by atoms with E-state index in [2.05, 4.69) is 29.6 Å². The van der Waals surface area contributed by atoms with Crippen molar-refractivity contribution in [1.29, 1.82) is 0 Å². The molecule has 0 bridgehead atoms. The van der Waals surface area contributed by atoms with Crippen molar-refractivity contribution in [1.82, 2.24) is 10.3 Å². The van der Waals surface area contributed by atoms with Gasteiger partial charge < -0.3 is 4.74 Å². The van der Waals surface area contributed by atoms with E-state index in [0.29, 0.717) is 4.91 Å². The Labute approximate surface area is 202 Å². The van der Waals surface area contributed by atoms with Gasteiger partial charge in [-0.25, -0.2) is 5.01 Å². The third-order valence-electron chi connectivity index (χ3n) is 6.14. The summed E-state index contributed by atoms with van der Waals surface area (Å²) in [6.45, 7) is 2.00. The summed E-state index contributed by atoms with van der Waals surface area (Å²) in [6, 6.07) is 28.3. The molecule has 3 aliphatic rings. The number of carbonyl (C=O) groups excluding carboxylic acids is 1. The molecule has 6 heteroatoms. The van der Waals surface area contributed by atoms with Gasteiger partial charge in [-0.05, 0) is 47.5 Å². The van der Waals surface area contributed by atoms with Crippen LogP contribution in [0, 0.1) is 0 Å². The van der Waals surface area contributed by atoms with E-state index in [-0.39, 0.29) is 11.9 Å². The highest BCUT2D eigenvalue weighted by atomic mass is 32.2. The predicted octanol–water partition coefficient (Wildman–Crippen LogP) is 5.69. The SMILES string of the molecule is CC(/C=C1\SC2(NC1=O)Oc1ccccc1C1CC(c3ccccc3)=NN12)=C\c1ccccc1. The van der Waals surface area contributed by atoms with Crippen molar-refractivity contribution in [3.05, 3.63) is 118 Å². The summed E-state index contributed by atoms with van der Waals surface area (Å²) < 4.78 is 6.47. The maximum absolute atomic E-state index is 13.1. The first-order valence-corrected chi connectivity index (χ1v) is 12.1. The van der Waals surface area contributed by atoms with Crippen LogP contribution in [0.2, 0.25) is 0 Å². The van der Waals surface area contributed by atoms with Gasteiger partial charge in [-0.2, -0.15) is 5.10 Å². The molecule has 0 aliphatic carbocycles. The molecule has 2 atom stereocenters. The zero-order chi connectivity index (χ0) is 23.1. The number of benzene rings is 3. The zero-order valence-corrected chi connectivity index (χ0v) is 19.5. The second-order valence-electron chi connectivity index (χ2n) is 8.56. The lowest BCUT2D eigenvalue weighted by Gasteiger charge is -2.43. The molecule has 1 saturated heterocycles. The normalized spacial score (nSPS) is 24.5. The van der Waals surface area contributed by atoms with E-state index in [1.165, 1.54) is 11.8 Å². The molecule has 34 heavy (non-hydrogen) atoms. The number of rotatable bonds is 3. The van der Waals surface area contributed by atoms with Crippen LogP contribution in [0.4, 0.5) is 0 Å². The Morgan fingerprint density at radius 1 is 1.06 bits per heavy atom. The molecule has 2 unspecified atom stereocenters. The molecular formula is C28H23N3O2S. The Bertz CT molecular complexity index is 1350. The van der Waals surface area contributed by atoms with Gasteiger partial charge in [0.15, 0.2) is 0 Å². The monoisotopic (exact) mass is 465 g/mol. The maximum atomic E-state index is 13.1. The third-order valence-corrected chi connectivity index (χ3v) is 7.31. The van der Waals surface area contributed by atoms with Crippen molar-refractivity contribution in [2.45, 2.75) is 24.6 Å². The van der Waals surface area contributed by atoms with Crippen LogP contribution in [0.15, 0.2) is 107 Å². The van der Waals surface area contributed by atoms with Crippen molar-refractivity contribution >= 4 is 29.5 Å². The van der Waals surface area contributed by atoms with Gasteiger partial charge >= 0.3 is 5.18 Å². The van der Waals surface area contributed by atoms with Gasteiger partial charge in [-0.3, -0.25) is 10.1 Å². The molecule has 3 aliphatic heterocycles. The van der Waals surface area contributed by atoms with E-state index in [9.17, 15) is 4.79 Å². The standard InChI is InChI=1S/C28H23N3O2S/c1-19(16-20-10-4-2-5-11-20)17-26-27(32)29-28(34-26)31-24(22-14-8-9-15-25(22)33-28)18-23(30-31)21-12-6-3-7-13-21/h2-17,24H,18H2,1H3,(H,29,32)/b19-16+,26-17-. The van der Waals surface area contributed by atoms with Crippen molar-refractivity contribution in [2.75, 3.05) is 0 Å². The summed E-state index contributed by atoms with van der Waals surface area (Å²) >= 11 is 1.37. The van der Waals surface area contributed by atoms with Crippen molar-refractivity contribution in [3.8, 4) is 5.75 Å². The minimum Gasteiger partial charge on any atom is -0.439 e. The molecule has 168 valence electrons. The van der Waals surface area contributed by atoms with Crippen LogP contribution in [0.25, 0.3) is 6.08 Å². The molecule has 1 N–H and O–H groups in total. The molecule has 0 aromatic heterocycles. The third kappa shape index (κ3) is 3.60. The van der Waals surface area contributed by atoms with Crippen molar-refractivity contribution < 1.29 is 9.53 Å². The van der Waals surface area contributed by atoms with Crippen LogP contribution in [-0.2, 0) is 4.79 Å². The molecule has 0 radical (unpaired) electrons. The van der Waals surface area contributed by atoms with E-state index in [4.69, 9.17) is 9.84 Å². The number of hydrogen-bond acceptors (Lipinski definition) is 5. The number of carbonyl (C=O) groups is 1. The fourth-order valence-electron chi connectivity index (χ4n) is 4.61. The predicted molar refractivity (Wildman–Crippen MR) is 136 cm³/mol. The molecule has 1 spiro atoms. The summed E-state index contributed by atoms with van der Waals surface area (Å²) in [4.78, 5) is 13.7. The summed E-state index contributed by atoms with van der Waals surface area (Å²) in [5.74, 6) is 0.617. The molecule has 1 fully saturated rings. The lowest BCUT2D eigenvalue weighted by molar-refractivity contribution is -0.127. The average Bonchev–Trinajstić information content (AvgIpc) is 3.43. The minimum atomic E-state index is -1.12. The number of para-hydroxylation sites is 1. The van der Waals surface area contributed by atoms with Gasteiger partial charge in [-0.15, -0.1) is 0 Å². The number of nitrogens with one attached hydrogen (secondary N) is 1. The molecule has 1 amide bonds. The molecular weight excluding hydrogens is 442 g/mol. The molecule has 0 saturated carbocycles. The summed E-state index contributed by atoms with van der Waals surface area (Å²) in [5, 5.41) is 8.88. The van der Waals surface area contributed by atoms with Gasteiger partial charge in [0.1, 0.15) is 5.75 Å². The van der Waals surface area contributed by atoms with E-state index in [0.717, 1.165) is 40.1 Å². The number of thioether (sulfide) groups is 1. The molecule has 3 heterocycles.